The minimum absolute atomic E-state index is 0.0398. The van der Waals surface area contributed by atoms with Crippen LogP contribution < -0.4 is 0 Å². The number of carbonyl (C=O) groups is 3. The van der Waals surface area contributed by atoms with E-state index >= 15 is 0 Å². The molecule has 0 bridgehead atoms. The van der Waals surface area contributed by atoms with Gasteiger partial charge in [-0.25, -0.2) is 14.4 Å². The third-order valence-electron chi connectivity index (χ3n) is 6.55. The lowest BCUT2D eigenvalue weighted by atomic mass is 9.84. The van der Waals surface area contributed by atoms with Crippen molar-refractivity contribution in [2.45, 2.75) is 51.0 Å². The lowest BCUT2D eigenvalue weighted by Crippen LogP contribution is -2.50. The number of nitrogens with zero attached hydrogens (tertiary/aromatic N) is 1. The van der Waals surface area contributed by atoms with E-state index in [1.165, 1.54) is 0 Å². The highest BCUT2D eigenvalue weighted by Gasteiger charge is 2.61. The van der Waals surface area contributed by atoms with Crippen LogP contribution in [0.1, 0.15) is 44.8 Å². The van der Waals surface area contributed by atoms with Gasteiger partial charge in [0.1, 0.15) is 11.9 Å². The van der Waals surface area contributed by atoms with Crippen LogP contribution in [-0.4, -0.2) is 54.5 Å². The first kappa shape index (κ1) is 24.2. The highest BCUT2D eigenvalue weighted by molar-refractivity contribution is 6.30. The summed E-state index contributed by atoms with van der Waals surface area (Å²) >= 11 is 6.13. The fourth-order valence-electron chi connectivity index (χ4n) is 4.96. The lowest BCUT2D eigenvalue weighted by molar-refractivity contribution is -0.220. The van der Waals surface area contributed by atoms with E-state index in [1.54, 1.807) is 30.9 Å². The highest BCUT2D eigenvalue weighted by Crippen LogP contribution is 2.47. The number of halogens is 1. The molecule has 0 saturated carbocycles. The third kappa shape index (κ3) is 4.01. The fraction of sp³-hybridized carbons (Fsp3) is 0.423. The zero-order valence-corrected chi connectivity index (χ0v) is 20.7. The van der Waals surface area contributed by atoms with E-state index in [4.69, 9.17) is 35.3 Å². The van der Waals surface area contributed by atoms with Crippen molar-refractivity contribution in [3.8, 4) is 0 Å². The molecule has 2 atom stereocenters. The second-order valence-electron chi connectivity index (χ2n) is 8.69. The molecule has 2 heterocycles. The molecule has 1 aromatic rings. The Hall–Kier alpha value is -3.46. The van der Waals surface area contributed by atoms with Gasteiger partial charge in [0.25, 0.3) is 0 Å². The first-order chi connectivity index (χ1) is 17.4. The number of amides is 1. The van der Waals surface area contributed by atoms with Gasteiger partial charge >= 0.3 is 23.8 Å². The average Bonchev–Trinajstić information content (AvgIpc) is 3.46. The Morgan fingerprint density at radius 2 is 1.89 bits per heavy atom. The summed E-state index contributed by atoms with van der Waals surface area (Å²) in [6, 6.07) is 7.00. The molecule has 0 aromatic heterocycles. The molecular weight excluding hydrogens is 490 g/mol. The molecule has 9 nitrogen and oxygen atoms in total. The van der Waals surface area contributed by atoms with E-state index in [0.29, 0.717) is 42.2 Å². The molecule has 10 heteroatoms. The number of allylic oxidation sites excluding steroid dienone is 2. The molecule has 4 aliphatic rings. The highest BCUT2D eigenvalue weighted by atomic mass is 35.5. The van der Waals surface area contributed by atoms with Gasteiger partial charge < -0.3 is 23.7 Å². The fourth-order valence-corrected chi connectivity index (χ4v) is 5.16. The van der Waals surface area contributed by atoms with Crippen LogP contribution in [0.15, 0.2) is 59.1 Å². The molecule has 2 aliphatic carbocycles. The number of esters is 2. The van der Waals surface area contributed by atoms with E-state index in [0.717, 1.165) is 11.1 Å². The number of fused-ring (bicyclic) bond motifs is 1. The molecule has 5 rings (SSSR count). The summed E-state index contributed by atoms with van der Waals surface area (Å²) in [5, 5.41) is 0.574. The van der Waals surface area contributed by atoms with Crippen LogP contribution in [0, 0.1) is 0 Å². The summed E-state index contributed by atoms with van der Waals surface area (Å²) < 4.78 is 27.6. The first-order valence-corrected chi connectivity index (χ1v) is 12.3. The van der Waals surface area contributed by atoms with Crippen LogP contribution in [0.5, 0.6) is 0 Å². The van der Waals surface area contributed by atoms with E-state index in [1.807, 2.05) is 24.3 Å². The van der Waals surface area contributed by atoms with Crippen molar-refractivity contribution in [3.63, 3.8) is 0 Å². The van der Waals surface area contributed by atoms with Gasteiger partial charge in [0, 0.05) is 17.0 Å². The molecule has 1 amide bonds. The minimum atomic E-state index is -2.34. The van der Waals surface area contributed by atoms with Crippen LogP contribution >= 0.6 is 11.6 Å². The normalized spacial score (nSPS) is 24.0. The Bertz CT molecular complexity index is 1180. The molecule has 0 N–H and O–H groups in total. The molecule has 36 heavy (non-hydrogen) atoms. The van der Waals surface area contributed by atoms with Crippen molar-refractivity contribution in [1.82, 2.24) is 4.90 Å². The van der Waals surface area contributed by atoms with Crippen LogP contribution in [0.2, 0.25) is 5.02 Å². The minimum Gasteiger partial charge on any atom is -0.460 e. The predicted molar refractivity (Wildman–Crippen MR) is 126 cm³/mol. The van der Waals surface area contributed by atoms with Crippen molar-refractivity contribution >= 4 is 29.6 Å². The molecular formula is C26H26ClNO8. The average molecular weight is 516 g/mol. The van der Waals surface area contributed by atoms with Gasteiger partial charge in [-0.15, -0.1) is 0 Å². The maximum absolute atomic E-state index is 12.9. The molecule has 1 unspecified atom stereocenters. The molecule has 0 spiro atoms. The standard InChI is InChI=1S/C26H26ClNO8/c1-3-32-23(29)26(24(30)33-4-2)35-20-12-11-17-18(22(20)36-26)9-6-10-19(17)28-14-21(34-25(28)31)15-7-5-8-16(27)13-15/h5-9,13,19,21H,3-4,10-12,14H2,1-2H3/t19?,21-/m1/s1. The van der Waals surface area contributed by atoms with E-state index < -0.39 is 29.9 Å². The summed E-state index contributed by atoms with van der Waals surface area (Å²) in [5.41, 5.74) is 2.46. The Balaban J connectivity index is 1.42. The van der Waals surface area contributed by atoms with E-state index in [9.17, 15) is 14.4 Å². The van der Waals surface area contributed by atoms with Crippen molar-refractivity contribution in [3.05, 3.63) is 69.7 Å². The van der Waals surface area contributed by atoms with Crippen molar-refractivity contribution in [2.24, 2.45) is 0 Å². The monoisotopic (exact) mass is 515 g/mol. The Morgan fingerprint density at radius 3 is 2.58 bits per heavy atom. The summed E-state index contributed by atoms with van der Waals surface area (Å²) in [5.74, 6) is -3.62. The van der Waals surface area contributed by atoms with E-state index in [-0.39, 0.29) is 25.0 Å². The quantitative estimate of drug-likeness (QED) is 0.313. The zero-order chi connectivity index (χ0) is 25.4. The third-order valence-corrected chi connectivity index (χ3v) is 6.78. The predicted octanol–water partition coefficient (Wildman–Crippen LogP) is 4.33. The number of ether oxygens (including phenoxy) is 5. The van der Waals surface area contributed by atoms with Gasteiger partial charge in [-0.3, -0.25) is 4.90 Å². The summed E-state index contributed by atoms with van der Waals surface area (Å²) in [6.45, 7) is 3.70. The second-order valence-corrected chi connectivity index (χ2v) is 9.12. The largest absolute Gasteiger partial charge is 0.460 e. The Labute approximate surface area is 213 Å². The van der Waals surface area contributed by atoms with Gasteiger partial charge in [-0.1, -0.05) is 35.9 Å². The topological polar surface area (TPSA) is 101 Å². The zero-order valence-electron chi connectivity index (χ0n) is 20.0. The summed E-state index contributed by atoms with van der Waals surface area (Å²) in [4.78, 5) is 40.2. The van der Waals surface area contributed by atoms with Gasteiger partial charge in [-0.2, -0.15) is 0 Å². The lowest BCUT2D eigenvalue weighted by Gasteiger charge is -2.33. The Morgan fingerprint density at radius 1 is 1.14 bits per heavy atom. The van der Waals surface area contributed by atoms with Crippen molar-refractivity contribution in [2.75, 3.05) is 19.8 Å². The van der Waals surface area contributed by atoms with Crippen molar-refractivity contribution in [1.29, 1.82) is 0 Å². The molecule has 1 aromatic carbocycles. The SMILES string of the molecule is CCOC(=O)C1(C(=O)OCC)OC2=C(O1)C1=C(CC2)C(N2C[C@H](c3cccc(Cl)c3)OC2=O)CC=C1. The number of benzene rings is 1. The smallest absolute Gasteiger partial charge is 0.453 e. The molecule has 1 fully saturated rings. The number of rotatable bonds is 6. The van der Waals surface area contributed by atoms with Crippen LogP contribution in [0.4, 0.5) is 4.79 Å². The molecule has 190 valence electrons. The molecule has 0 radical (unpaired) electrons. The number of hydrogen-bond donors (Lipinski definition) is 0. The van der Waals surface area contributed by atoms with Crippen molar-refractivity contribution < 1.29 is 38.1 Å². The number of cyclic esters (lactones) is 1. The Kier molecular flexibility index (Phi) is 6.42. The number of carbonyl (C=O) groups excluding carboxylic acids is 3. The maximum atomic E-state index is 12.9. The molecule has 2 aliphatic heterocycles. The van der Waals surface area contributed by atoms with Gasteiger partial charge in [0.15, 0.2) is 5.76 Å². The van der Waals surface area contributed by atoms with Crippen LogP contribution in [0.25, 0.3) is 0 Å². The van der Waals surface area contributed by atoms with E-state index in [2.05, 4.69) is 0 Å². The van der Waals surface area contributed by atoms with Gasteiger partial charge in [0.2, 0.25) is 0 Å². The maximum Gasteiger partial charge on any atom is 0.453 e. The van der Waals surface area contributed by atoms with Gasteiger partial charge in [-0.05, 0) is 50.0 Å². The second kappa shape index (κ2) is 9.54. The first-order valence-electron chi connectivity index (χ1n) is 12.0. The summed E-state index contributed by atoms with van der Waals surface area (Å²) in [6.07, 6.45) is 4.49. The number of hydrogen-bond acceptors (Lipinski definition) is 8. The van der Waals surface area contributed by atoms with Crippen LogP contribution in [0.3, 0.4) is 0 Å². The van der Waals surface area contributed by atoms with Gasteiger partial charge in [0.05, 0.1) is 25.8 Å². The summed E-state index contributed by atoms with van der Waals surface area (Å²) in [7, 11) is 0. The van der Waals surface area contributed by atoms with Crippen LogP contribution in [-0.2, 0) is 33.3 Å². The molecule has 1 saturated heterocycles.